The number of nitrogens with zero attached hydrogens (tertiary/aromatic N) is 1. The Kier molecular flexibility index (Phi) is 2.11. The first-order valence-electron chi connectivity index (χ1n) is 3.43. The Morgan fingerprint density at radius 1 is 1.78 bits per heavy atom. The van der Waals surface area contributed by atoms with Crippen molar-refractivity contribution in [2.75, 3.05) is 19.6 Å². The maximum Gasteiger partial charge on any atom is 0.0324 e. The molecule has 2 heteroatoms. The van der Waals surface area contributed by atoms with Gasteiger partial charge >= 0.3 is 0 Å². The monoisotopic (exact) mass is 126 g/mol. The molecule has 1 N–H and O–H groups in total. The van der Waals surface area contributed by atoms with Crippen LogP contribution >= 0.6 is 0 Å². The lowest BCUT2D eigenvalue weighted by Crippen LogP contribution is -2.46. The molecule has 1 saturated heterocycles. The molecular weight excluding hydrogens is 112 g/mol. The fraction of sp³-hybridized carbons (Fsp3) is 0.714. The molecule has 9 heavy (non-hydrogen) atoms. The second-order valence-electron chi connectivity index (χ2n) is 2.53. The summed E-state index contributed by atoms with van der Waals surface area (Å²) >= 11 is 0. The Labute approximate surface area is 56.5 Å². The summed E-state index contributed by atoms with van der Waals surface area (Å²) in [5.74, 6) is 0. The predicted molar refractivity (Wildman–Crippen MR) is 39.2 cm³/mol. The van der Waals surface area contributed by atoms with Crippen molar-refractivity contribution in [2.45, 2.75) is 13.0 Å². The van der Waals surface area contributed by atoms with E-state index in [0.717, 1.165) is 19.6 Å². The fourth-order valence-electron chi connectivity index (χ4n) is 1.13. The third-order valence-electron chi connectivity index (χ3n) is 1.66. The molecule has 1 aliphatic heterocycles. The van der Waals surface area contributed by atoms with Gasteiger partial charge in [-0.25, -0.2) is 0 Å². The van der Waals surface area contributed by atoms with Crippen molar-refractivity contribution >= 4 is 0 Å². The third-order valence-corrected chi connectivity index (χ3v) is 1.66. The molecule has 1 heterocycles. The van der Waals surface area contributed by atoms with Gasteiger partial charge in [0.05, 0.1) is 0 Å². The maximum absolute atomic E-state index is 3.72. The first kappa shape index (κ1) is 6.62. The van der Waals surface area contributed by atoms with Crippen molar-refractivity contribution in [3.05, 3.63) is 12.8 Å². The van der Waals surface area contributed by atoms with Crippen LogP contribution in [-0.2, 0) is 0 Å². The van der Waals surface area contributed by atoms with Gasteiger partial charge in [0.25, 0.3) is 0 Å². The van der Waals surface area contributed by atoms with Crippen molar-refractivity contribution in [1.82, 2.24) is 10.2 Å². The lowest BCUT2D eigenvalue weighted by atomic mass is 10.2. The summed E-state index contributed by atoms with van der Waals surface area (Å²) < 4.78 is 0. The minimum atomic E-state index is 0.622. The standard InChI is InChI=1S/C7H14N2/c1-3-9-5-4-8-7(2)6-9/h3,7-8H,1,4-6H2,2H3. The van der Waals surface area contributed by atoms with Crippen molar-refractivity contribution in [3.63, 3.8) is 0 Å². The van der Waals surface area contributed by atoms with Crippen LogP contribution in [0.25, 0.3) is 0 Å². The first-order valence-corrected chi connectivity index (χ1v) is 3.43. The molecule has 52 valence electrons. The number of nitrogens with one attached hydrogen (secondary N) is 1. The Morgan fingerprint density at radius 3 is 3.00 bits per heavy atom. The Morgan fingerprint density at radius 2 is 2.56 bits per heavy atom. The minimum absolute atomic E-state index is 0.622. The van der Waals surface area contributed by atoms with E-state index in [-0.39, 0.29) is 0 Å². The average Bonchev–Trinajstić information content (AvgIpc) is 1.88. The molecule has 0 aromatic rings. The summed E-state index contributed by atoms with van der Waals surface area (Å²) in [7, 11) is 0. The second kappa shape index (κ2) is 2.87. The van der Waals surface area contributed by atoms with Gasteiger partial charge in [-0.2, -0.15) is 0 Å². The number of hydrogen-bond donors (Lipinski definition) is 1. The molecule has 0 bridgehead atoms. The lowest BCUT2D eigenvalue weighted by molar-refractivity contribution is 0.277. The Hall–Kier alpha value is -0.500. The van der Waals surface area contributed by atoms with E-state index in [2.05, 4.69) is 23.7 Å². The van der Waals surface area contributed by atoms with Gasteiger partial charge in [-0.15, -0.1) is 0 Å². The Balaban J connectivity index is 2.31. The molecule has 1 fully saturated rings. The van der Waals surface area contributed by atoms with Gasteiger partial charge in [-0.3, -0.25) is 0 Å². The summed E-state index contributed by atoms with van der Waals surface area (Å²) in [5.41, 5.74) is 0. The summed E-state index contributed by atoms with van der Waals surface area (Å²) in [5, 5.41) is 3.36. The Bertz CT molecular complexity index is 101. The average molecular weight is 126 g/mol. The van der Waals surface area contributed by atoms with Crippen molar-refractivity contribution in [3.8, 4) is 0 Å². The number of hydrogen-bond acceptors (Lipinski definition) is 2. The molecule has 1 aliphatic rings. The lowest BCUT2D eigenvalue weighted by Gasteiger charge is -2.30. The topological polar surface area (TPSA) is 15.3 Å². The zero-order valence-electron chi connectivity index (χ0n) is 5.93. The van der Waals surface area contributed by atoms with Crippen LogP contribution in [0.4, 0.5) is 0 Å². The van der Waals surface area contributed by atoms with Gasteiger partial charge in [0.1, 0.15) is 0 Å². The number of rotatable bonds is 1. The molecular formula is C7H14N2. The van der Waals surface area contributed by atoms with Crippen LogP contribution in [-0.4, -0.2) is 30.6 Å². The summed E-state index contributed by atoms with van der Waals surface area (Å²) in [6, 6.07) is 0.622. The summed E-state index contributed by atoms with van der Waals surface area (Å²) in [6.45, 7) is 9.20. The van der Waals surface area contributed by atoms with Crippen LogP contribution in [0, 0.1) is 0 Å². The van der Waals surface area contributed by atoms with Gasteiger partial charge in [0, 0.05) is 25.7 Å². The smallest absolute Gasteiger partial charge is 0.0324 e. The van der Waals surface area contributed by atoms with E-state index in [4.69, 9.17) is 0 Å². The normalized spacial score (nSPS) is 28.1. The van der Waals surface area contributed by atoms with Gasteiger partial charge < -0.3 is 10.2 Å². The van der Waals surface area contributed by atoms with Crippen molar-refractivity contribution in [1.29, 1.82) is 0 Å². The summed E-state index contributed by atoms with van der Waals surface area (Å²) in [6.07, 6.45) is 1.91. The van der Waals surface area contributed by atoms with Crippen LogP contribution in [0.1, 0.15) is 6.92 Å². The van der Waals surface area contributed by atoms with Crippen LogP contribution in [0.2, 0.25) is 0 Å². The van der Waals surface area contributed by atoms with Gasteiger partial charge in [-0.05, 0) is 13.1 Å². The molecule has 0 saturated carbocycles. The van der Waals surface area contributed by atoms with Gasteiger partial charge in [-0.1, -0.05) is 6.58 Å². The van der Waals surface area contributed by atoms with Gasteiger partial charge in [0.15, 0.2) is 0 Å². The molecule has 0 aromatic heterocycles. The number of piperazine rings is 1. The molecule has 1 unspecified atom stereocenters. The zero-order valence-corrected chi connectivity index (χ0v) is 5.93. The molecule has 0 aliphatic carbocycles. The molecule has 1 atom stereocenters. The van der Waals surface area contributed by atoms with E-state index in [0.29, 0.717) is 6.04 Å². The molecule has 0 spiro atoms. The van der Waals surface area contributed by atoms with E-state index in [1.807, 2.05) is 6.20 Å². The van der Waals surface area contributed by atoms with E-state index < -0.39 is 0 Å². The van der Waals surface area contributed by atoms with Crippen LogP contribution in [0.3, 0.4) is 0 Å². The van der Waals surface area contributed by atoms with Crippen molar-refractivity contribution < 1.29 is 0 Å². The highest BCUT2D eigenvalue weighted by molar-refractivity contribution is 4.80. The molecule has 2 nitrogen and oxygen atoms in total. The largest absolute Gasteiger partial charge is 0.375 e. The van der Waals surface area contributed by atoms with E-state index in [1.54, 1.807) is 0 Å². The first-order chi connectivity index (χ1) is 4.33. The second-order valence-corrected chi connectivity index (χ2v) is 2.53. The third kappa shape index (κ3) is 1.72. The minimum Gasteiger partial charge on any atom is -0.375 e. The van der Waals surface area contributed by atoms with Crippen LogP contribution in [0.5, 0.6) is 0 Å². The molecule has 1 rings (SSSR count). The van der Waals surface area contributed by atoms with Crippen molar-refractivity contribution in [2.24, 2.45) is 0 Å². The SMILES string of the molecule is C=CN1CCNC(C)C1. The fourth-order valence-corrected chi connectivity index (χ4v) is 1.13. The highest BCUT2D eigenvalue weighted by atomic mass is 15.2. The van der Waals surface area contributed by atoms with E-state index >= 15 is 0 Å². The van der Waals surface area contributed by atoms with Crippen LogP contribution < -0.4 is 5.32 Å². The molecule has 0 amide bonds. The summed E-state index contributed by atoms with van der Waals surface area (Å²) in [4.78, 5) is 2.24. The van der Waals surface area contributed by atoms with E-state index in [9.17, 15) is 0 Å². The quantitative estimate of drug-likeness (QED) is 0.548. The highest BCUT2D eigenvalue weighted by Gasteiger charge is 2.10. The van der Waals surface area contributed by atoms with E-state index in [1.165, 1.54) is 0 Å². The van der Waals surface area contributed by atoms with Gasteiger partial charge in [0.2, 0.25) is 0 Å². The molecule has 0 radical (unpaired) electrons. The zero-order chi connectivity index (χ0) is 6.69. The van der Waals surface area contributed by atoms with Crippen LogP contribution in [0.15, 0.2) is 12.8 Å². The highest BCUT2D eigenvalue weighted by Crippen LogP contribution is 1.96. The molecule has 0 aromatic carbocycles. The maximum atomic E-state index is 3.72. The predicted octanol–water partition coefficient (Wildman–Crippen LogP) is 0.424.